The van der Waals surface area contributed by atoms with Gasteiger partial charge in [-0.15, -0.1) is 0 Å². The lowest BCUT2D eigenvalue weighted by Gasteiger charge is -2.13. The van der Waals surface area contributed by atoms with Crippen molar-refractivity contribution in [1.29, 1.82) is 0 Å². The Morgan fingerprint density at radius 2 is 1.27 bits per heavy atom. The number of hydrogen-bond acceptors (Lipinski definition) is 2. The van der Waals surface area contributed by atoms with Crippen LogP contribution in [0.15, 0.2) is 116 Å². The summed E-state index contributed by atoms with van der Waals surface area (Å²) in [5.41, 5.74) is 7.61. The molecule has 0 saturated heterocycles. The molecule has 0 spiro atoms. The lowest BCUT2D eigenvalue weighted by molar-refractivity contribution is 1.18. The first-order chi connectivity index (χ1) is 16.4. The van der Waals surface area contributed by atoms with Gasteiger partial charge in [0.1, 0.15) is 5.52 Å². The van der Waals surface area contributed by atoms with E-state index in [2.05, 4.69) is 108 Å². The summed E-state index contributed by atoms with van der Waals surface area (Å²) >= 11 is 0. The highest BCUT2D eigenvalue weighted by Crippen LogP contribution is 2.41. The van der Waals surface area contributed by atoms with Crippen molar-refractivity contribution in [1.82, 2.24) is 14.4 Å². The zero-order chi connectivity index (χ0) is 21.8. The number of aromatic nitrogens is 3. The molecule has 0 radical (unpaired) electrons. The van der Waals surface area contributed by atoms with Crippen LogP contribution in [0.25, 0.3) is 60.6 Å². The molecular weight excluding hydrogens is 402 g/mol. The molecule has 0 unspecified atom stereocenters. The second-order valence-corrected chi connectivity index (χ2v) is 8.30. The molecule has 0 aliphatic carbocycles. The molecule has 3 heterocycles. The summed E-state index contributed by atoms with van der Waals surface area (Å²) in [6, 6.07) is 36.4. The van der Waals surface area contributed by atoms with Crippen molar-refractivity contribution in [3.8, 4) is 22.4 Å². The minimum absolute atomic E-state index is 0.873. The van der Waals surface area contributed by atoms with E-state index in [9.17, 15) is 0 Å². The predicted molar refractivity (Wildman–Crippen MR) is 136 cm³/mol. The molecule has 7 aromatic rings. The van der Waals surface area contributed by atoms with Crippen molar-refractivity contribution in [2.24, 2.45) is 0 Å². The predicted octanol–water partition coefficient (Wildman–Crippen LogP) is 7.52. The average molecular weight is 422 g/mol. The molecule has 0 saturated carbocycles. The number of fused-ring (bicyclic) bond motifs is 8. The van der Waals surface area contributed by atoms with Crippen molar-refractivity contribution >= 4 is 38.2 Å². The van der Waals surface area contributed by atoms with Crippen molar-refractivity contribution in [2.75, 3.05) is 0 Å². The van der Waals surface area contributed by atoms with Crippen molar-refractivity contribution < 1.29 is 0 Å². The van der Waals surface area contributed by atoms with E-state index >= 15 is 0 Å². The number of rotatable bonds is 2. The molecule has 0 aliphatic heterocycles. The summed E-state index contributed by atoms with van der Waals surface area (Å²) in [7, 11) is 0. The van der Waals surface area contributed by atoms with E-state index in [4.69, 9.17) is 9.97 Å². The van der Waals surface area contributed by atoms with Gasteiger partial charge in [0, 0.05) is 28.7 Å². The largest absolute Gasteiger partial charge is 0.291 e. The fourth-order valence-electron chi connectivity index (χ4n) is 5.05. The van der Waals surface area contributed by atoms with Gasteiger partial charge in [0.15, 0.2) is 5.65 Å². The van der Waals surface area contributed by atoms with Crippen LogP contribution in [0.2, 0.25) is 0 Å². The minimum Gasteiger partial charge on any atom is -0.291 e. The summed E-state index contributed by atoms with van der Waals surface area (Å²) in [5, 5.41) is 4.74. The van der Waals surface area contributed by atoms with Crippen LogP contribution < -0.4 is 0 Å². The average Bonchev–Trinajstić information content (AvgIpc) is 3.31. The summed E-state index contributed by atoms with van der Waals surface area (Å²) in [5.74, 6) is 0. The maximum Gasteiger partial charge on any atom is 0.164 e. The monoisotopic (exact) mass is 421 g/mol. The highest BCUT2D eigenvalue weighted by Gasteiger charge is 2.20. The van der Waals surface area contributed by atoms with Crippen LogP contribution in [0.1, 0.15) is 0 Å². The molecule has 0 fully saturated rings. The Morgan fingerprint density at radius 3 is 2.09 bits per heavy atom. The summed E-state index contributed by atoms with van der Waals surface area (Å²) < 4.78 is 2.29. The molecule has 3 nitrogen and oxygen atoms in total. The van der Waals surface area contributed by atoms with E-state index in [1.165, 1.54) is 27.3 Å². The van der Waals surface area contributed by atoms with Crippen LogP contribution in [0.4, 0.5) is 0 Å². The first-order valence-electron chi connectivity index (χ1n) is 11.1. The van der Waals surface area contributed by atoms with Gasteiger partial charge < -0.3 is 0 Å². The van der Waals surface area contributed by atoms with Gasteiger partial charge in [0.2, 0.25) is 0 Å². The second-order valence-electron chi connectivity index (χ2n) is 8.30. The van der Waals surface area contributed by atoms with Gasteiger partial charge in [-0.1, -0.05) is 97.1 Å². The molecule has 4 aromatic carbocycles. The molecule has 33 heavy (non-hydrogen) atoms. The third kappa shape index (κ3) is 2.63. The van der Waals surface area contributed by atoms with Gasteiger partial charge in [-0.2, -0.15) is 0 Å². The Labute approximate surface area is 190 Å². The van der Waals surface area contributed by atoms with E-state index < -0.39 is 0 Å². The first-order valence-corrected chi connectivity index (χ1v) is 11.1. The van der Waals surface area contributed by atoms with Gasteiger partial charge in [0.05, 0.1) is 11.2 Å². The zero-order valence-corrected chi connectivity index (χ0v) is 17.8. The molecule has 0 atom stereocenters. The third-order valence-corrected chi connectivity index (χ3v) is 6.47. The van der Waals surface area contributed by atoms with Crippen LogP contribution in [-0.4, -0.2) is 14.4 Å². The van der Waals surface area contributed by atoms with E-state index in [0.717, 1.165) is 33.3 Å². The molecule has 154 valence electrons. The Bertz CT molecular complexity index is 1800. The van der Waals surface area contributed by atoms with Crippen LogP contribution in [0, 0.1) is 0 Å². The fraction of sp³-hybridized carbons (Fsp3) is 0. The van der Waals surface area contributed by atoms with Gasteiger partial charge >= 0.3 is 0 Å². The van der Waals surface area contributed by atoms with Crippen molar-refractivity contribution in [2.45, 2.75) is 0 Å². The Hall–Kier alpha value is -4.50. The summed E-state index contributed by atoms with van der Waals surface area (Å²) in [6.45, 7) is 0. The van der Waals surface area contributed by atoms with Gasteiger partial charge in [-0.05, 0) is 28.0 Å². The highest BCUT2D eigenvalue weighted by atomic mass is 15.0. The van der Waals surface area contributed by atoms with Crippen molar-refractivity contribution in [3.63, 3.8) is 0 Å². The highest BCUT2D eigenvalue weighted by molar-refractivity contribution is 6.24. The normalized spacial score (nSPS) is 11.6. The Morgan fingerprint density at radius 1 is 0.576 bits per heavy atom. The second kappa shape index (κ2) is 7.01. The molecule has 0 aliphatic rings. The Kier molecular flexibility index (Phi) is 3.84. The topological polar surface area (TPSA) is 30.2 Å². The van der Waals surface area contributed by atoms with Crippen LogP contribution in [0.3, 0.4) is 0 Å². The maximum absolute atomic E-state index is 4.86. The van der Waals surface area contributed by atoms with Crippen LogP contribution in [-0.2, 0) is 0 Å². The maximum atomic E-state index is 4.86. The first kappa shape index (κ1) is 18.1. The lowest BCUT2D eigenvalue weighted by atomic mass is 9.98. The quantitative estimate of drug-likeness (QED) is 0.270. The molecule has 0 amide bonds. The number of benzene rings is 4. The van der Waals surface area contributed by atoms with Gasteiger partial charge in [-0.3, -0.25) is 9.38 Å². The van der Waals surface area contributed by atoms with Crippen molar-refractivity contribution in [3.05, 3.63) is 116 Å². The molecular formula is C30H19N3. The molecule has 7 rings (SSSR count). The minimum atomic E-state index is 0.873. The van der Waals surface area contributed by atoms with Gasteiger partial charge in [-0.25, -0.2) is 4.98 Å². The van der Waals surface area contributed by atoms with E-state index in [0.29, 0.717) is 0 Å². The van der Waals surface area contributed by atoms with Gasteiger partial charge in [0.25, 0.3) is 0 Å². The summed E-state index contributed by atoms with van der Waals surface area (Å²) in [4.78, 5) is 9.70. The third-order valence-electron chi connectivity index (χ3n) is 6.47. The molecule has 3 aromatic heterocycles. The SMILES string of the molecule is c1ccc(-c2cc(-c3ccccc3)n3c4nccnc4c4c5ccccc5ccc4c23)cc1. The smallest absolute Gasteiger partial charge is 0.164 e. The lowest BCUT2D eigenvalue weighted by Crippen LogP contribution is -1.98. The van der Waals surface area contributed by atoms with Crippen LogP contribution in [0.5, 0.6) is 0 Å². The number of hydrogen-bond donors (Lipinski definition) is 0. The number of nitrogens with zero attached hydrogens (tertiary/aromatic N) is 3. The summed E-state index contributed by atoms with van der Waals surface area (Å²) in [6.07, 6.45) is 3.58. The standard InChI is InChI=1S/C30H19N3/c1-3-9-20(10-4-1)25-19-26(22-12-5-2-6-13-22)33-29(25)24-16-15-21-11-7-8-14-23(21)27(24)28-30(33)32-18-17-31-28/h1-19H. The van der Waals surface area contributed by atoms with E-state index in [-0.39, 0.29) is 0 Å². The van der Waals surface area contributed by atoms with E-state index in [1.54, 1.807) is 12.4 Å². The number of pyridine rings is 1. The van der Waals surface area contributed by atoms with E-state index in [1.807, 2.05) is 0 Å². The molecule has 0 N–H and O–H groups in total. The molecule has 3 heteroatoms. The molecule has 0 bridgehead atoms. The fourth-order valence-corrected chi connectivity index (χ4v) is 5.05. The Balaban J connectivity index is 1.79. The van der Waals surface area contributed by atoms with Crippen LogP contribution >= 0.6 is 0 Å². The zero-order valence-electron chi connectivity index (χ0n) is 17.8.